The second-order valence-corrected chi connectivity index (χ2v) is 6.73. The minimum atomic E-state index is -0.880. The number of aliphatic carboxylic acids is 1. The van der Waals surface area contributed by atoms with Gasteiger partial charge in [0.2, 0.25) is 0 Å². The van der Waals surface area contributed by atoms with E-state index in [4.69, 9.17) is 20.3 Å². The lowest BCUT2D eigenvalue weighted by Gasteiger charge is -2.23. The van der Waals surface area contributed by atoms with Crippen molar-refractivity contribution in [2.45, 2.75) is 26.2 Å². The first-order valence-electron chi connectivity index (χ1n) is 9.15. The summed E-state index contributed by atoms with van der Waals surface area (Å²) in [5, 5.41) is 9.07. The first-order chi connectivity index (χ1) is 13.7. The minimum Gasteiger partial charge on any atom is -0.489 e. The molecule has 3 aromatic rings. The van der Waals surface area contributed by atoms with E-state index in [1.165, 1.54) is 0 Å². The van der Waals surface area contributed by atoms with Crippen LogP contribution in [0.4, 0.5) is 0 Å². The van der Waals surface area contributed by atoms with Gasteiger partial charge in [-0.05, 0) is 34.9 Å². The van der Waals surface area contributed by atoms with Crippen LogP contribution in [0.25, 0.3) is 11.1 Å². The molecule has 0 unspecified atom stereocenters. The zero-order chi connectivity index (χ0) is 19.5. The fourth-order valence-corrected chi connectivity index (χ4v) is 3.52. The van der Waals surface area contributed by atoms with Crippen molar-refractivity contribution in [3.05, 3.63) is 82.9 Å². The van der Waals surface area contributed by atoms with Gasteiger partial charge in [-0.2, -0.15) is 0 Å². The highest BCUT2D eigenvalue weighted by Gasteiger charge is 2.19. The molecule has 0 saturated carbocycles. The molecule has 5 heteroatoms. The number of benzene rings is 3. The van der Waals surface area contributed by atoms with Gasteiger partial charge in [0.25, 0.3) is 0 Å². The Morgan fingerprint density at radius 1 is 1.04 bits per heavy atom. The average Bonchev–Trinajstić information content (AvgIpc) is 2.72. The van der Waals surface area contributed by atoms with Gasteiger partial charge in [-0.25, -0.2) is 0 Å². The molecule has 3 aromatic carbocycles. The van der Waals surface area contributed by atoms with Crippen LogP contribution >= 0.6 is 0 Å². The van der Waals surface area contributed by atoms with Crippen molar-refractivity contribution in [1.29, 1.82) is 0 Å². The Bertz CT molecular complexity index is 1030. The molecule has 1 heterocycles. The molecule has 0 aromatic heterocycles. The lowest BCUT2D eigenvalue weighted by Crippen LogP contribution is -2.11. The van der Waals surface area contributed by atoms with Crippen LogP contribution in [-0.4, -0.2) is 11.1 Å². The van der Waals surface area contributed by atoms with Crippen molar-refractivity contribution in [3.63, 3.8) is 0 Å². The first-order valence-corrected chi connectivity index (χ1v) is 9.15. The molecule has 0 atom stereocenters. The molecule has 0 amide bonds. The molecule has 28 heavy (non-hydrogen) atoms. The van der Waals surface area contributed by atoms with Gasteiger partial charge < -0.3 is 20.3 Å². The molecule has 3 N–H and O–H groups in total. The molecule has 0 radical (unpaired) electrons. The third-order valence-electron chi connectivity index (χ3n) is 4.91. The molecule has 0 spiro atoms. The quantitative estimate of drug-likeness (QED) is 0.683. The van der Waals surface area contributed by atoms with E-state index in [0.29, 0.717) is 31.1 Å². The Hall–Kier alpha value is -3.31. The number of para-hydroxylation sites is 1. The van der Waals surface area contributed by atoms with Crippen molar-refractivity contribution < 1.29 is 19.4 Å². The van der Waals surface area contributed by atoms with Crippen LogP contribution in [0.3, 0.4) is 0 Å². The first kappa shape index (κ1) is 18.1. The molecule has 0 fully saturated rings. The second-order valence-electron chi connectivity index (χ2n) is 6.73. The highest BCUT2D eigenvalue weighted by molar-refractivity contribution is 5.76. The summed E-state index contributed by atoms with van der Waals surface area (Å²) < 4.78 is 11.8. The molecule has 142 valence electrons. The van der Waals surface area contributed by atoms with Crippen molar-refractivity contribution in [3.8, 4) is 22.6 Å². The third kappa shape index (κ3) is 3.57. The molecular weight excluding hydrogens is 354 g/mol. The average molecular weight is 375 g/mol. The van der Waals surface area contributed by atoms with Gasteiger partial charge in [0.05, 0.1) is 6.42 Å². The van der Waals surface area contributed by atoms with E-state index in [1.807, 2.05) is 36.4 Å². The van der Waals surface area contributed by atoms with Crippen molar-refractivity contribution in [1.82, 2.24) is 0 Å². The lowest BCUT2D eigenvalue weighted by molar-refractivity contribution is -0.136. The van der Waals surface area contributed by atoms with E-state index >= 15 is 0 Å². The van der Waals surface area contributed by atoms with Crippen molar-refractivity contribution >= 4 is 5.97 Å². The number of carbonyl (C=O) groups is 1. The monoisotopic (exact) mass is 375 g/mol. The molecular formula is C23H21NO4. The van der Waals surface area contributed by atoms with Crippen LogP contribution < -0.4 is 15.2 Å². The highest BCUT2D eigenvalue weighted by Crippen LogP contribution is 2.39. The zero-order valence-electron chi connectivity index (χ0n) is 15.4. The van der Waals surface area contributed by atoms with Gasteiger partial charge in [-0.15, -0.1) is 0 Å². The van der Waals surface area contributed by atoms with Gasteiger partial charge in [-0.1, -0.05) is 42.5 Å². The van der Waals surface area contributed by atoms with Crippen LogP contribution in [0.5, 0.6) is 11.5 Å². The molecule has 0 saturated heterocycles. The predicted octanol–water partition coefficient (Wildman–Crippen LogP) is 3.91. The van der Waals surface area contributed by atoms with Crippen LogP contribution in [-0.2, 0) is 31.0 Å². The number of hydrogen-bond acceptors (Lipinski definition) is 4. The Labute approximate surface area is 163 Å². The zero-order valence-corrected chi connectivity index (χ0v) is 15.4. The summed E-state index contributed by atoms with van der Waals surface area (Å²) >= 11 is 0. The van der Waals surface area contributed by atoms with Gasteiger partial charge in [-0.3, -0.25) is 4.79 Å². The second kappa shape index (κ2) is 7.74. The maximum absolute atomic E-state index is 11.0. The summed E-state index contributed by atoms with van der Waals surface area (Å²) in [6.07, 6.45) is -0.0660. The van der Waals surface area contributed by atoms with Gasteiger partial charge >= 0.3 is 5.97 Å². The summed E-state index contributed by atoms with van der Waals surface area (Å²) in [7, 11) is 0. The Morgan fingerprint density at radius 2 is 1.86 bits per heavy atom. The summed E-state index contributed by atoms with van der Waals surface area (Å²) in [6, 6.07) is 19.3. The van der Waals surface area contributed by atoms with E-state index in [9.17, 15) is 4.79 Å². The summed E-state index contributed by atoms with van der Waals surface area (Å²) in [5.74, 6) is 0.552. The van der Waals surface area contributed by atoms with E-state index in [-0.39, 0.29) is 6.42 Å². The number of carboxylic acid groups (broad SMARTS) is 1. The summed E-state index contributed by atoms with van der Waals surface area (Å²) in [6.45, 7) is 1.34. The Balaban J connectivity index is 1.60. The van der Waals surface area contributed by atoms with E-state index in [2.05, 4.69) is 12.1 Å². The van der Waals surface area contributed by atoms with Crippen molar-refractivity contribution in [2.24, 2.45) is 5.73 Å². The maximum atomic E-state index is 11.0. The standard InChI is InChI=1S/C23H21NO4/c24-12-17-5-3-6-18-19-10-15(8-9-22(19)28-14-20(17)18)13-27-21-7-2-1-4-16(21)11-23(25)26/h1-10H,11-14,24H2,(H,25,26). The highest BCUT2D eigenvalue weighted by atomic mass is 16.5. The summed E-state index contributed by atoms with van der Waals surface area (Å²) in [5.41, 5.74) is 11.9. The fraction of sp³-hybridized carbons (Fsp3) is 0.174. The Morgan fingerprint density at radius 3 is 2.68 bits per heavy atom. The number of carboxylic acids is 1. The molecule has 0 aliphatic carbocycles. The number of hydrogen-bond donors (Lipinski definition) is 2. The van der Waals surface area contributed by atoms with Gasteiger partial charge in [0.1, 0.15) is 24.7 Å². The van der Waals surface area contributed by atoms with Crippen LogP contribution in [0, 0.1) is 0 Å². The number of nitrogens with two attached hydrogens (primary N) is 1. The molecule has 1 aliphatic rings. The van der Waals surface area contributed by atoms with Crippen LogP contribution in [0.2, 0.25) is 0 Å². The maximum Gasteiger partial charge on any atom is 0.307 e. The Kier molecular flexibility index (Phi) is 5.00. The predicted molar refractivity (Wildman–Crippen MR) is 106 cm³/mol. The van der Waals surface area contributed by atoms with Crippen LogP contribution in [0.1, 0.15) is 22.3 Å². The molecule has 4 rings (SSSR count). The lowest BCUT2D eigenvalue weighted by atomic mass is 9.92. The van der Waals surface area contributed by atoms with E-state index in [1.54, 1.807) is 12.1 Å². The van der Waals surface area contributed by atoms with Gasteiger partial charge in [0.15, 0.2) is 0 Å². The topological polar surface area (TPSA) is 81.8 Å². The summed E-state index contributed by atoms with van der Waals surface area (Å²) in [4.78, 5) is 11.0. The molecule has 1 aliphatic heterocycles. The van der Waals surface area contributed by atoms with E-state index < -0.39 is 5.97 Å². The smallest absolute Gasteiger partial charge is 0.307 e. The fourth-order valence-electron chi connectivity index (χ4n) is 3.52. The molecule has 0 bridgehead atoms. The molecule has 5 nitrogen and oxygen atoms in total. The number of rotatable bonds is 6. The minimum absolute atomic E-state index is 0.0660. The van der Waals surface area contributed by atoms with E-state index in [0.717, 1.165) is 33.6 Å². The number of ether oxygens (including phenoxy) is 2. The largest absolute Gasteiger partial charge is 0.489 e. The SMILES string of the molecule is NCc1cccc2c1COc1ccc(COc3ccccc3CC(=O)O)cc1-2. The van der Waals surface area contributed by atoms with Crippen LogP contribution in [0.15, 0.2) is 60.7 Å². The van der Waals surface area contributed by atoms with Gasteiger partial charge in [0, 0.05) is 23.2 Å². The number of fused-ring (bicyclic) bond motifs is 3. The normalized spacial score (nSPS) is 11.9. The third-order valence-corrected chi connectivity index (χ3v) is 4.91. The van der Waals surface area contributed by atoms with Crippen molar-refractivity contribution in [2.75, 3.05) is 0 Å².